The minimum absolute atomic E-state index is 0.0217. The van der Waals surface area contributed by atoms with Crippen molar-refractivity contribution in [2.24, 2.45) is 0 Å². The molecule has 27 heavy (non-hydrogen) atoms. The van der Waals surface area contributed by atoms with Crippen molar-refractivity contribution < 1.29 is 28.3 Å². The predicted molar refractivity (Wildman–Crippen MR) is 94.6 cm³/mol. The molecule has 1 unspecified atom stereocenters. The number of hydrogen-bond donors (Lipinski definition) is 1. The second kappa shape index (κ2) is 6.53. The molecule has 2 aromatic heterocycles. The number of aliphatic hydroxyl groups excluding tert-OH is 1. The third-order valence-electron chi connectivity index (χ3n) is 4.34. The average Bonchev–Trinajstić information content (AvgIpc) is 3.43. The van der Waals surface area contributed by atoms with E-state index in [1.807, 2.05) is 0 Å². The number of carbonyl (C=O) groups is 2. The fourth-order valence-electron chi connectivity index (χ4n) is 3.12. The van der Waals surface area contributed by atoms with Gasteiger partial charge in [0.1, 0.15) is 17.6 Å². The Kier molecular flexibility index (Phi) is 4.04. The Hall–Kier alpha value is -3.74. The molecule has 136 valence electrons. The first-order valence-electron chi connectivity index (χ1n) is 8.14. The van der Waals surface area contributed by atoms with Gasteiger partial charge in [-0.3, -0.25) is 14.5 Å². The number of aliphatic hydroxyl groups is 1. The first-order valence-corrected chi connectivity index (χ1v) is 8.14. The molecule has 3 aromatic rings. The molecule has 4 rings (SSSR count). The molecular weight excluding hydrogens is 350 g/mol. The van der Waals surface area contributed by atoms with Crippen molar-refractivity contribution in [1.82, 2.24) is 0 Å². The zero-order chi connectivity index (χ0) is 19.0. The maximum Gasteiger partial charge on any atom is 0.294 e. The Morgan fingerprint density at radius 3 is 2.56 bits per heavy atom. The topological polar surface area (TPSA) is 93.1 Å². The molecule has 1 atom stereocenters. The number of methoxy groups -OCH3 is 1. The van der Waals surface area contributed by atoms with Gasteiger partial charge in [-0.05, 0) is 36.4 Å². The Labute approximate surface area is 154 Å². The van der Waals surface area contributed by atoms with Gasteiger partial charge in [-0.2, -0.15) is 0 Å². The van der Waals surface area contributed by atoms with Crippen molar-refractivity contribution in [3.8, 4) is 5.75 Å². The Morgan fingerprint density at radius 2 is 1.89 bits per heavy atom. The summed E-state index contributed by atoms with van der Waals surface area (Å²) in [5, 5.41) is 10.5. The zero-order valence-electron chi connectivity index (χ0n) is 14.3. The molecule has 0 aliphatic carbocycles. The summed E-state index contributed by atoms with van der Waals surface area (Å²) in [7, 11) is 1.51. The maximum absolute atomic E-state index is 12.9. The fourth-order valence-corrected chi connectivity index (χ4v) is 3.12. The number of carbonyl (C=O) groups excluding carboxylic acids is 2. The third kappa shape index (κ3) is 2.69. The van der Waals surface area contributed by atoms with Crippen LogP contribution in [0.15, 0.2) is 81.2 Å². The van der Waals surface area contributed by atoms with Gasteiger partial charge in [0.2, 0.25) is 5.78 Å². The van der Waals surface area contributed by atoms with Gasteiger partial charge in [-0.1, -0.05) is 6.07 Å². The summed E-state index contributed by atoms with van der Waals surface area (Å²) >= 11 is 0. The van der Waals surface area contributed by atoms with Crippen LogP contribution in [0.1, 0.15) is 22.4 Å². The molecule has 1 amide bonds. The van der Waals surface area contributed by atoms with Crippen LogP contribution in [0.25, 0.3) is 0 Å². The first-order chi connectivity index (χ1) is 13.1. The maximum atomic E-state index is 12.9. The van der Waals surface area contributed by atoms with E-state index in [9.17, 15) is 14.7 Å². The Balaban J connectivity index is 1.86. The van der Waals surface area contributed by atoms with Crippen molar-refractivity contribution in [3.63, 3.8) is 0 Å². The van der Waals surface area contributed by atoms with Crippen LogP contribution in [0.4, 0.5) is 5.69 Å². The Morgan fingerprint density at radius 1 is 1.11 bits per heavy atom. The smallest absolute Gasteiger partial charge is 0.294 e. The molecular formula is C20H15NO6. The highest BCUT2D eigenvalue weighted by Gasteiger charge is 2.46. The van der Waals surface area contributed by atoms with E-state index in [4.69, 9.17) is 13.6 Å². The lowest BCUT2D eigenvalue weighted by Crippen LogP contribution is -2.30. The van der Waals surface area contributed by atoms with Crippen LogP contribution in [-0.2, 0) is 4.79 Å². The number of anilines is 1. The monoisotopic (exact) mass is 365 g/mol. The minimum atomic E-state index is -0.933. The van der Waals surface area contributed by atoms with Crippen LogP contribution in [0.3, 0.4) is 0 Å². The van der Waals surface area contributed by atoms with Crippen molar-refractivity contribution in [3.05, 3.63) is 83.9 Å². The molecule has 7 heteroatoms. The van der Waals surface area contributed by atoms with E-state index in [0.717, 1.165) is 0 Å². The molecule has 7 nitrogen and oxygen atoms in total. The fraction of sp³-hybridized carbons (Fsp3) is 0.100. The molecule has 0 saturated carbocycles. The second-order valence-electron chi connectivity index (χ2n) is 5.86. The number of Topliss-reactive ketones (excluding diaryl/α,β-unsaturated/α-hetero) is 1. The molecule has 1 aromatic carbocycles. The van der Waals surface area contributed by atoms with E-state index in [1.165, 1.54) is 30.6 Å². The molecule has 0 saturated heterocycles. The molecule has 1 aliphatic heterocycles. The summed E-state index contributed by atoms with van der Waals surface area (Å²) < 4.78 is 15.8. The standard InChI is InChI=1S/C20H15NO6/c1-25-13-6-2-5-12(11-13)21-17(14-7-3-9-26-14)16(19(23)20(21)24)18(22)15-8-4-10-27-15/h2-11,17,23H,1H3. The van der Waals surface area contributed by atoms with Gasteiger partial charge in [0.25, 0.3) is 5.91 Å². The van der Waals surface area contributed by atoms with Crippen molar-refractivity contribution in [1.29, 1.82) is 0 Å². The SMILES string of the molecule is COc1cccc(N2C(=O)C(O)=C(C(=O)c3ccco3)C2c2ccco2)c1. The Bertz CT molecular complexity index is 1020. The van der Waals surface area contributed by atoms with E-state index in [0.29, 0.717) is 17.2 Å². The van der Waals surface area contributed by atoms with Gasteiger partial charge < -0.3 is 18.7 Å². The highest BCUT2D eigenvalue weighted by molar-refractivity contribution is 6.20. The molecule has 1 N–H and O–H groups in total. The number of amides is 1. The summed E-state index contributed by atoms with van der Waals surface area (Å²) in [6.07, 6.45) is 2.79. The largest absolute Gasteiger partial charge is 0.503 e. The van der Waals surface area contributed by atoms with Crippen molar-refractivity contribution in [2.75, 3.05) is 12.0 Å². The van der Waals surface area contributed by atoms with E-state index in [2.05, 4.69) is 0 Å². The normalized spacial score (nSPS) is 16.9. The first kappa shape index (κ1) is 16.7. The molecule has 0 bridgehead atoms. The van der Waals surface area contributed by atoms with E-state index in [-0.39, 0.29) is 11.3 Å². The van der Waals surface area contributed by atoms with Crippen LogP contribution in [0, 0.1) is 0 Å². The third-order valence-corrected chi connectivity index (χ3v) is 4.34. The quantitative estimate of drug-likeness (QED) is 0.694. The van der Waals surface area contributed by atoms with Crippen LogP contribution in [0.2, 0.25) is 0 Å². The summed E-state index contributed by atoms with van der Waals surface area (Å²) in [6.45, 7) is 0. The van der Waals surface area contributed by atoms with Gasteiger partial charge in [0.15, 0.2) is 11.5 Å². The lowest BCUT2D eigenvalue weighted by atomic mass is 9.99. The number of furan rings is 2. The van der Waals surface area contributed by atoms with Gasteiger partial charge in [0, 0.05) is 11.8 Å². The van der Waals surface area contributed by atoms with Crippen molar-refractivity contribution >= 4 is 17.4 Å². The van der Waals surface area contributed by atoms with Gasteiger partial charge in [-0.15, -0.1) is 0 Å². The summed E-state index contributed by atoms with van der Waals surface area (Å²) in [5.41, 5.74) is 0.349. The average molecular weight is 365 g/mol. The van der Waals surface area contributed by atoms with Crippen molar-refractivity contribution in [2.45, 2.75) is 6.04 Å². The number of nitrogens with zero attached hydrogens (tertiary/aromatic N) is 1. The zero-order valence-corrected chi connectivity index (χ0v) is 14.3. The van der Waals surface area contributed by atoms with Gasteiger partial charge in [0.05, 0.1) is 25.2 Å². The molecule has 3 heterocycles. The lowest BCUT2D eigenvalue weighted by Gasteiger charge is -2.25. The van der Waals surface area contributed by atoms with Crippen LogP contribution < -0.4 is 9.64 Å². The van der Waals surface area contributed by atoms with Crippen LogP contribution in [0.5, 0.6) is 5.75 Å². The summed E-state index contributed by atoms with van der Waals surface area (Å²) in [4.78, 5) is 27.1. The number of rotatable bonds is 5. The van der Waals surface area contributed by atoms with E-state index < -0.39 is 23.5 Å². The second-order valence-corrected chi connectivity index (χ2v) is 5.86. The molecule has 0 fully saturated rings. The highest BCUT2D eigenvalue weighted by atomic mass is 16.5. The number of ether oxygens (including phenoxy) is 1. The van der Waals surface area contributed by atoms with E-state index >= 15 is 0 Å². The summed E-state index contributed by atoms with van der Waals surface area (Å²) in [5.74, 6) is -1.04. The molecule has 1 aliphatic rings. The molecule has 0 spiro atoms. The number of benzene rings is 1. The predicted octanol–water partition coefficient (Wildman–Crippen LogP) is 3.66. The summed E-state index contributed by atoms with van der Waals surface area (Å²) in [6, 6.07) is 12.2. The van der Waals surface area contributed by atoms with Gasteiger partial charge >= 0.3 is 0 Å². The number of ketones is 1. The van der Waals surface area contributed by atoms with Crippen LogP contribution >= 0.6 is 0 Å². The van der Waals surface area contributed by atoms with E-state index in [1.54, 1.807) is 42.5 Å². The van der Waals surface area contributed by atoms with Crippen LogP contribution in [-0.4, -0.2) is 23.9 Å². The van der Waals surface area contributed by atoms with Gasteiger partial charge in [-0.25, -0.2) is 0 Å². The number of hydrogen-bond acceptors (Lipinski definition) is 6. The minimum Gasteiger partial charge on any atom is -0.503 e. The molecule has 0 radical (unpaired) electrons. The lowest BCUT2D eigenvalue weighted by molar-refractivity contribution is -0.117. The highest BCUT2D eigenvalue weighted by Crippen LogP contribution is 2.42.